The Labute approximate surface area is 180 Å². The number of carboxylic acids is 1. The molecule has 5 nitrogen and oxygen atoms in total. The van der Waals surface area contributed by atoms with Crippen molar-refractivity contribution in [2.75, 3.05) is 32.8 Å². The molecule has 2 N–H and O–H groups in total. The summed E-state index contributed by atoms with van der Waals surface area (Å²) in [6.45, 7) is 5.49. The molecule has 2 aliphatic rings. The third-order valence-electron chi connectivity index (χ3n) is 5.38. The molecule has 158 valence electrons. The normalized spacial score (nSPS) is 22.8. The van der Waals surface area contributed by atoms with Crippen molar-refractivity contribution in [2.24, 2.45) is 5.92 Å². The van der Waals surface area contributed by atoms with E-state index in [1.54, 1.807) is 0 Å². The molecule has 0 aromatic heterocycles. The van der Waals surface area contributed by atoms with Gasteiger partial charge in [0.15, 0.2) is 0 Å². The number of hydrogen-bond donors (Lipinski definition) is 2. The van der Waals surface area contributed by atoms with Crippen molar-refractivity contribution in [3.63, 3.8) is 0 Å². The van der Waals surface area contributed by atoms with Crippen LogP contribution in [0.15, 0.2) is 35.9 Å². The van der Waals surface area contributed by atoms with Crippen molar-refractivity contribution in [1.82, 2.24) is 10.2 Å². The fourth-order valence-electron chi connectivity index (χ4n) is 3.78. The summed E-state index contributed by atoms with van der Waals surface area (Å²) in [5, 5.41) is 12.4. The molecule has 1 saturated heterocycles. The van der Waals surface area contributed by atoms with Crippen molar-refractivity contribution in [3.8, 4) is 0 Å². The molecule has 0 amide bonds. The molecule has 1 aliphatic heterocycles. The number of carbonyl (C=O) groups is 1. The van der Waals surface area contributed by atoms with Crippen molar-refractivity contribution >= 4 is 36.9 Å². The molecule has 3 rings (SSSR count). The average Bonchev–Trinajstić information content (AvgIpc) is 3.40. The summed E-state index contributed by atoms with van der Waals surface area (Å²) in [5.41, 5.74) is 2.76. The van der Waals surface area contributed by atoms with Gasteiger partial charge in [0.25, 0.3) is 0 Å². The number of nitrogens with one attached hydrogen (secondary N) is 1. The summed E-state index contributed by atoms with van der Waals surface area (Å²) in [6, 6.07) is 11.8. The molecule has 1 heterocycles. The summed E-state index contributed by atoms with van der Waals surface area (Å²) in [4.78, 5) is 12.8. The third-order valence-corrected chi connectivity index (χ3v) is 5.38. The van der Waals surface area contributed by atoms with Gasteiger partial charge in [-0.1, -0.05) is 42.0 Å². The number of hydrogen-bond acceptors (Lipinski definition) is 4. The Balaban J connectivity index is 0.00000196. The number of piperidine rings is 1. The summed E-state index contributed by atoms with van der Waals surface area (Å²) in [5.74, 6) is -0.221. The number of benzene rings is 1. The number of aliphatic carboxylic acids is 1. The Hall–Kier alpha value is -1.11. The maximum Gasteiger partial charge on any atom is 0.329 e. The van der Waals surface area contributed by atoms with Crippen molar-refractivity contribution in [3.05, 3.63) is 41.5 Å². The molecular weight excluding hydrogens is 399 g/mol. The van der Waals surface area contributed by atoms with Gasteiger partial charge >= 0.3 is 5.97 Å². The van der Waals surface area contributed by atoms with Gasteiger partial charge in [0.1, 0.15) is 6.61 Å². The van der Waals surface area contributed by atoms with E-state index in [-0.39, 0.29) is 31.4 Å². The van der Waals surface area contributed by atoms with Crippen LogP contribution in [0, 0.1) is 5.92 Å². The van der Waals surface area contributed by atoms with E-state index < -0.39 is 5.97 Å². The predicted molar refractivity (Wildman–Crippen MR) is 118 cm³/mol. The van der Waals surface area contributed by atoms with E-state index in [0.29, 0.717) is 24.6 Å². The molecule has 1 aromatic carbocycles. The lowest BCUT2D eigenvalue weighted by Crippen LogP contribution is -2.44. The van der Waals surface area contributed by atoms with Gasteiger partial charge in [-0.2, -0.15) is 0 Å². The molecule has 2 unspecified atom stereocenters. The van der Waals surface area contributed by atoms with Crippen LogP contribution in [0.25, 0.3) is 6.08 Å². The summed E-state index contributed by atoms with van der Waals surface area (Å²) in [6.07, 6.45) is 5.87. The first-order valence-electron chi connectivity index (χ1n) is 9.63. The van der Waals surface area contributed by atoms with E-state index in [4.69, 9.17) is 9.84 Å². The first kappa shape index (κ1) is 24.9. The van der Waals surface area contributed by atoms with Crippen LogP contribution in [0.4, 0.5) is 0 Å². The average molecular weight is 431 g/mol. The molecule has 1 aromatic rings. The zero-order valence-electron chi connectivity index (χ0n) is 16.4. The smallest absolute Gasteiger partial charge is 0.329 e. The fraction of sp³-hybridized carbons (Fsp3) is 0.571. The van der Waals surface area contributed by atoms with Gasteiger partial charge in [-0.15, -0.1) is 24.8 Å². The van der Waals surface area contributed by atoms with Crippen LogP contribution in [-0.4, -0.2) is 60.9 Å². The van der Waals surface area contributed by atoms with Crippen LogP contribution in [0.5, 0.6) is 0 Å². The predicted octanol–water partition coefficient (Wildman–Crippen LogP) is 3.48. The summed E-state index contributed by atoms with van der Waals surface area (Å²) >= 11 is 0. The molecule has 7 heteroatoms. The number of carboxylic acid groups (broad SMARTS) is 1. The van der Waals surface area contributed by atoms with Crippen LogP contribution in [0.3, 0.4) is 0 Å². The molecule has 28 heavy (non-hydrogen) atoms. The maximum atomic E-state index is 10.4. The quantitative estimate of drug-likeness (QED) is 0.587. The second-order valence-electron chi connectivity index (χ2n) is 7.48. The Kier molecular flexibility index (Phi) is 11.1. The highest BCUT2D eigenvalue weighted by Crippen LogP contribution is 2.38. The summed E-state index contributed by atoms with van der Waals surface area (Å²) in [7, 11) is 0. The molecule has 0 bridgehead atoms. The van der Waals surface area contributed by atoms with Crippen LogP contribution in [0.1, 0.15) is 31.7 Å². The van der Waals surface area contributed by atoms with E-state index >= 15 is 0 Å². The van der Waals surface area contributed by atoms with Gasteiger partial charge in [-0.05, 0) is 50.8 Å². The van der Waals surface area contributed by atoms with E-state index in [0.717, 1.165) is 32.5 Å². The Morgan fingerprint density at radius 1 is 1.25 bits per heavy atom. The monoisotopic (exact) mass is 430 g/mol. The molecule has 0 spiro atoms. The highest BCUT2D eigenvalue weighted by Gasteiger charge is 2.39. The first-order valence-corrected chi connectivity index (χ1v) is 9.63. The zero-order valence-corrected chi connectivity index (χ0v) is 18.0. The molecule has 1 saturated carbocycles. The highest BCUT2D eigenvalue weighted by molar-refractivity contribution is 5.85. The SMILES string of the molecule is C/C(=C\c1ccccc1)C1CC1NC1CCN(CCOCC(=O)O)CC1.Cl.Cl. The van der Waals surface area contributed by atoms with Gasteiger partial charge < -0.3 is 20.1 Å². The lowest BCUT2D eigenvalue weighted by atomic mass is 10.0. The third kappa shape index (κ3) is 8.10. The van der Waals surface area contributed by atoms with Crippen LogP contribution < -0.4 is 5.32 Å². The van der Waals surface area contributed by atoms with Gasteiger partial charge in [0, 0.05) is 18.6 Å². The minimum absolute atomic E-state index is 0. The molecular formula is C21H32Cl2N2O3. The number of rotatable bonds is 9. The maximum absolute atomic E-state index is 10.4. The number of nitrogens with zero attached hydrogens (tertiary/aromatic N) is 1. The fourth-order valence-corrected chi connectivity index (χ4v) is 3.78. The minimum Gasteiger partial charge on any atom is -0.480 e. The van der Waals surface area contributed by atoms with Crippen LogP contribution in [0.2, 0.25) is 0 Å². The number of likely N-dealkylation sites (tertiary alicyclic amines) is 1. The van der Waals surface area contributed by atoms with E-state index in [1.165, 1.54) is 17.6 Å². The lowest BCUT2D eigenvalue weighted by molar-refractivity contribution is -0.142. The Morgan fingerprint density at radius 2 is 1.93 bits per heavy atom. The molecule has 1 aliphatic carbocycles. The van der Waals surface area contributed by atoms with Gasteiger partial charge in [-0.3, -0.25) is 0 Å². The molecule has 0 radical (unpaired) electrons. The summed E-state index contributed by atoms with van der Waals surface area (Å²) < 4.78 is 5.13. The zero-order chi connectivity index (χ0) is 18.4. The van der Waals surface area contributed by atoms with Crippen LogP contribution in [-0.2, 0) is 9.53 Å². The Morgan fingerprint density at radius 3 is 2.57 bits per heavy atom. The Bertz CT molecular complexity index is 619. The molecule has 2 atom stereocenters. The minimum atomic E-state index is -0.900. The second kappa shape index (κ2) is 12.5. The van der Waals surface area contributed by atoms with Crippen molar-refractivity contribution < 1.29 is 14.6 Å². The number of ether oxygens (including phenoxy) is 1. The van der Waals surface area contributed by atoms with Crippen molar-refractivity contribution in [2.45, 2.75) is 38.3 Å². The lowest BCUT2D eigenvalue weighted by Gasteiger charge is -2.32. The topological polar surface area (TPSA) is 61.8 Å². The standard InChI is InChI=1S/C21H30N2O3.2ClH/c1-16(13-17-5-3-2-4-6-17)19-14-20(19)22-18-7-9-23(10-8-18)11-12-26-15-21(24)25;;/h2-6,13,18-20,22H,7-12,14-15H2,1H3,(H,24,25);2*1H/b16-13+;;. The highest BCUT2D eigenvalue weighted by atomic mass is 35.5. The largest absolute Gasteiger partial charge is 0.480 e. The van der Waals surface area contributed by atoms with Gasteiger partial charge in [0.05, 0.1) is 6.61 Å². The van der Waals surface area contributed by atoms with E-state index in [1.807, 2.05) is 0 Å². The van der Waals surface area contributed by atoms with Gasteiger partial charge in [0.2, 0.25) is 0 Å². The van der Waals surface area contributed by atoms with Crippen molar-refractivity contribution in [1.29, 1.82) is 0 Å². The second-order valence-corrected chi connectivity index (χ2v) is 7.48. The molecule has 2 fully saturated rings. The van der Waals surface area contributed by atoms with Crippen LogP contribution >= 0.6 is 24.8 Å². The number of halogens is 2. The van der Waals surface area contributed by atoms with Gasteiger partial charge in [-0.25, -0.2) is 4.79 Å². The van der Waals surface area contributed by atoms with E-state index in [2.05, 4.69) is 53.5 Å². The first-order chi connectivity index (χ1) is 12.6. The van der Waals surface area contributed by atoms with E-state index in [9.17, 15) is 4.79 Å².